The Morgan fingerprint density at radius 2 is 1.95 bits per heavy atom. The molecule has 20 heavy (non-hydrogen) atoms. The molecular formula is C13H15N2O4P. The zero-order valence-corrected chi connectivity index (χ0v) is 11.7. The van der Waals surface area contributed by atoms with E-state index in [9.17, 15) is 14.6 Å². The average molecular weight is 294 g/mol. The van der Waals surface area contributed by atoms with Crippen molar-refractivity contribution >= 4 is 13.4 Å². The molecule has 0 spiro atoms. The molecule has 0 fully saturated rings. The van der Waals surface area contributed by atoms with Gasteiger partial charge in [0.05, 0.1) is 0 Å². The minimum absolute atomic E-state index is 0.0905. The Balaban J connectivity index is 2.41. The highest BCUT2D eigenvalue weighted by Crippen LogP contribution is 2.57. The molecule has 0 aliphatic heterocycles. The minimum atomic E-state index is -4.01. The second-order valence-corrected chi connectivity index (χ2v) is 6.08. The van der Waals surface area contributed by atoms with E-state index < -0.39 is 13.4 Å². The van der Waals surface area contributed by atoms with Crippen LogP contribution in [-0.4, -0.2) is 22.1 Å². The van der Waals surface area contributed by atoms with Gasteiger partial charge in [-0.05, 0) is 18.2 Å². The molecule has 0 radical (unpaired) electrons. The Morgan fingerprint density at radius 1 is 1.25 bits per heavy atom. The molecule has 1 aromatic heterocycles. The zero-order valence-electron chi connectivity index (χ0n) is 10.8. The summed E-state index contributed by atoms with van der Waals surface area (Å²) in [5.74, 6) is -0.789. The summed E-state index contributed by atoms with van der Waals surface area (Å²) < 4.78 is 16.9. The topological polar surface area (TPSA) is 91.7 Å². The predicted octanol–water partition coefficient (Wildman–Crippen LogP) is 2.73. The fourth-order valence-corrected chi connectivity index (χ4v) is 2.82. The maximum absolute atomic E-state index is 12.2. The Kier molecular flexibility index (Phi) is 4.39. The Labute approximate surface area is 116 Å². The second kappa shape index (κ2) is 6.05. The summed E-state index contributed by atoms with van der Waals surface area (Å²) in [6.07, 6.45) is 1.55. The molecule has 6 nitrogen and oxygen atoms in total. The lowest BCUT2D eigenvalue weighted by Gasteiger charge is -2.23. The van der Waals surface area contributed by atoms with Crippen LogP contribution < -0.4 is 5.32 Å². The number of nitrogens with one attached hydrogen (secondary N) is 1. The molecule has 7 heteroatoms. The first-order valence-corrected chi connectivity index (χ1v) is 7.53. The average Bonchev–Trinajstić information content (AvgIpc) is 2.47. The van der Waals surface area contributed by atoms with Gasteiger partial charge in [-0.2, -0.15) is 0 Å². The van der Waals surface area contributed by atoms with Crippen molar-refractivity contribution in [3.8, 4) is 5.75 Å². The quantitative estimate of drug-likeness (QED) is 0.734. The van der Waals surface area contributed by atoms with Gasteiger partial charge in [-0.25, -0.2) is 4.98 Å². The van der Waals surface area contributed by atoms with Crippen LogP contribution in [0.4, 0.5) is 5.82 Å². The van der Waals surface area contributed by atoms with Crippen molar-refractivity contribution < 1.29 is 19.1 Å². The third-order valence-electron chi connectivity index (χ3n) is 2.77. The van der Waals surface area contributed by atoms with E-state index in [1.54, 1.807) is 42.6 Å². The summed E-state index contributed by atoms with van der Waals surface area (Å²) in [6.45, 7) is 0. The molecule has 2 rings (SSSR count). The van der Waals surface area contributed by atoms with Crippen molar-refractivity contribution in [2.24, 2.45) is 0 Å². The summed E-state index contributed by atoms with van der Waals surface area (Å²) in [5.41, 5.74) is 0.269. The Hall–Kier alpha value is -1.88. The van der Waals surface area contributed by atoms with Gasteiger partial charge in [0.15, 0.2) is 5.78 Å². The van der Waals surface area contributed by atoms with Gasteiger partial charge in [-0.3, -0.25) is 4.57 Å². The number of benzene rings is 1. The van der Waals surface area contributed by atoms with Gasteiger partial charge < -0.3 is 19.8 Å². The number of phenols is 1. The van der Waals surface area contributed by atoms with E-state index in [4.69, 9.17) is 4.52 Å². The standard InChI is InChI=1S/C13H15N2O4P/c1-19-20(17,18)13(10-6-2-3-7-11(10)16)15-12-8-4-5-9-14-12/h2-9,13,16H,1H3,(H,14,15)(H,17,18). The number of para-hydroxylation sites is 1. The molecule has 1 aromatic carbocycles. The van der Waals surface area contributed by atoms with Gasteiger partial charge in [0.2, 0.25) is 0 Å². The van der Waals surface area contributed by atoms with E-state index >= 15 is 0 Å². The van der Waals surface area contributed by atoms with E-state index in [1.807, 2.05) is 0 Å². The van der Waals surface area contributed by atoms with Crippen LogP contribution in [0.2, 0.25) is 0 Å². The van der Waals surface area contributed by atoms with Crippen LogP contribution in [0.25, 0.3) is 0 Å². The lowest BCUT2D eigenvalue weighted by Crippen LogP contribution is -2.13. The molecule has 106 valence electrons. The van der Waals surface area contributed by atoms with Crippen LogP contribution in [0.1, 0.15) is 11.3 Å². The Bertz CT molecular complexity index is 621. The SMILES string of the molecule is COP(=O)(O)C(Nc1ccccn1)c1ccccc1O. The van der Waals surface area contributed by atoms with Gasteiger partial charge in [0.25, 0.3) is 0 Å². The van der Waals surface area contributed by atoms with Crippen molar-refractivity contribution in [2.75, 3.05) is 12.4 Å². The van der Waals surface area contributed by atoms with Crippen molar-refractivity contribution in [1.29, 1.82) is 0 Å². The number of aromatic hydroxyl groups is 1. The first-order valence-electron chi connectivity index (χ1n) is 5.88. The van der Waals surface area contributed by atoms with E-state index in [0.717, 1.165) is 7.11 Å². The van der Waals surface area contributed by atoms with Gasteiger partial charge >= 0.3 is 7.60 Å². The van der Waals surface area contributed by atoms with Crippen molar-refractivity contribution in [1.82, 2.24) is 4.98 Å². The predicted molar refractivity (Wildman–Crippen MR) is 75.5 cm³/mol. The maximum atomic E-state index is 12.2. The third-order valence-corrected chi connectivity index (χ3v) is 4.35. The number of hydrogen-bond donors (Lipinski definition) is 3. The van der Waals surface area contributed by atoms with Crippen LogP contribution in [0.5, 0.6) is 5.75 Å². The fraction of sp³-hybridized carbons (Fsp3) is 0.154. The van der Waals surface area contributed by atoms with Crippen LogP contribution in [0.3, 0.4) is 0 Å². The van der Waals surface area contributed by atoms with Crippen LogP contribution >= 0.6 is 7.60 Å². The fourth-order valence-electron chi connectivity index (χ4n) is 1.75. The largest absolute Gasteiger partial charge is 0.508 e. The lowest BCUT2D eigenvalue weighted by molar-refractivity contribution is 0.306. The summed E-state index contributed by atoms with van der Waals surface area (Å²) in [7, 11) is -2.86. The van der Waals surface area contributed by atoms with Crippen LogP contribution in [0.15, 0.2) is 48.7 Å². The lowest BCUT2D eigenvalue weighted by atomic mass is 10.2. The Morgan fingerprint density at radius 3 is 2.55 bits per heavy atom. The number of rotatable bonds is 5. The number of anilines is 1. The molecule has 0 aliphatic rings. The van der Waals surface area contributed by atoms with Crippen LogP contribution in [0, 0.1) is 0 Å². The van der Waals surface area contributed by atoms with Gasteiger partial charge in [-0.15, -0.1) is 0 Å². The number of phenolic OH excluding ortho intramolecular Hbond substituents is 1. The van der Waals surface area contributed by atoms with E-state index in [-0.39, 0.29) is 11.3 Å². The number of nitrogens with zero attached hydrogens (tertiary/aromatic N) is 1. The monoisotopic (exact) mass is 294 g/mol. The van der Waals surface area contributed by atoms with Crippen LogP contribution in [-0.2, 0) is 9.09 Å². The number of pyridine rings is 1. The van der Waals surface area contributed by atoms with Crippen molar-refractivity contribution in [3.63, 3.8) is 0 Å². The molecule has 0 saturated heterocycles. The third kappa shape index (κ3) is 3.17. The molecule has 2 unspecified atom stereocenters. The normalized spacial score (nSPS) is 15.3. The molecule has 2 atom stereocenters. The molecule has 0 aliphatic carbocycles. The van der Waals surface area contributed by atoms with Gasteiger partial charge in [0.1, 0.15) is 11.6 Å². The summed E-state index contributed by atoms with van der Waals surface area (Å²) in [5, 5.41) is 12.7. The first kappa shape index (κ1) is 14.5. The van der Waals surface area contributed by atoms with Crippen molar-refractivity contribution in [2.45, 2.75) is 5.78 Å². The smallest absolute Gasteiger partial charge is 0.354 e. The summed E-state index contributed by atoms with van der Waals surface area (Å²) in [4.78, 5) is 14.0. The van der Waals surface area contributed by atoms with E-state index in [1.165, 1.54) is 6.07 Å². The number of hydrogen-bond acceptors (Lipinski definition) is 5. The molecular weight excluding hydrogens is 279 g/mol. The molecule has 0 bridgehead atoms. The summed E-state index contributed by atoms with van der Waals surface area (Å²) >= 11 is 0. The highest BCUT2D eigenvalue weighted by Gasteiger charge is 2.34. The van der Waals surface area contributed by atoms with E-state index in [2.05, 4.69) is 10.3 Å². The van der Waals surface area contributed by atoms with Crippen molar-refractivity contribution in [3.05, 3.63) is 54.2 Å². The van der Waals surface area contributed by atoms with Gasteiger partial charge in [-0.1, -0.05) is 24.3 Å². The summed E-state index contributed by atoms with van der Waals surface area (Å²) in [6, 6.07) is 11.4. The molecule has 0 amide bonds. The minimum Gasteiger partial charge on any atom is -0.508 e. The van der Waals surface area contributed by atoms with Gasteiger partial charge in [0, 0.05) is 18.9 Å². The molecule has 2 aromatic rings. The number of aromatic nitrogens is 1. The zero-order chi connectivity index (χ0) is 14.6. The first-order chi connectivity index (χ1) is 9.54. The highest BCUT2D eigenvalue weighted by atomic mass is 31.2. The highest BCUT2D eigenvalue weighted by molar-refractivity contribution is 7.53. The molecule has 1 heterocycles. The molecule has 0 saturated carbocycles. The molecule has 3 N–H and O–H groups in total. The second-order valence-electron chi connectivity index (χ2n) is 4.07. The maximum Gasteiger partial charge on any atom is 0.354 e. The van der Waals surface area contributed by atoms with E-state index in [0.29, 0.717) is 5.82 Å².